The van der Waals surface area contributed by atoms with Crippen LogP contribution in [0.1, 0.15) is 11.0 Å². The zero-order valence-electron chi connectivity index (χ0n) is 11.3. The number of pyridine rings is 1. The summed E-state index contributed by atoms with van der Waals surface area (Å²) in [6.07, 6.45) is 1.77. The van der Waals surface area contributed by atoms with Crippen LogP contribution in [0.5, 0.6) is 5.75 Å². The van der Waals surface area contributed by atoms with E-state index in [9.17, 15) is 5.11 Å². The maximum atomic E-state index is 9.30. The van der Waals surface area contributed by atoms with Gasteiger partial charge in [0.15, 0.2) is 0 Å². The molecule has 1 atom stereocenters. The largest absolute Gasteiger partial charge is 0.492 e. The molecule has 1 aromatic carbocycles. The first-order valence-electron chi connectivity index (χ1n) is 6.38. The van der Waals surface area contributed by atoms with Crippen molar-refractivity contribution in [2.24, 2.45) is 0 Å². The zero-order chi connectivity index (χ0) is 14.4. The summed E-state index contributed by atoms with van der Waals surface area (Å²) in [6, 6.07) is 13.1. The van der Waals surface area contributed by atoms with E-state index < -0.39 is 5.44 Å². The second-order valence-electron chi connectivity index (χ2n) is 4.40. The lowest BCUT2D eigenvalue weighted by Crippen LogP contribution is -2.24. The number of aliphatic hydroxyl groups is 1. The van der Waals surface area contributed by atoms with Gasteiger partial charge in [-0.2, -0.15) is 0 Å². The Morgan fingerprint density at radius 1 is 1.25 bits per heavy atom. The van der Waals surface area contributed by atoms with Crippen LogP contribution in [0.4, 0.5) is 5.82 Å². The van der Waals surface area contributed by atoms with Crippen LogP contribution in [-0.2, 0) is 0 Å². The van der Waals surface area contributed by atoms with Crippen LogP contribution in [0.3, 0.4) is 0 Å². The third-order valence-electron chi connectivity index (χ3n) is 2.91. The predicted octanol–water partition coefficient (Wildman–Crippen LogP) is 2.52. The van der Waals surface area contributed by atoms with Crippen molar-refractivity contribution in [3.8, 4) is 5.75 Å². The van der Waals surface area contributed by atoms with Crippen molar-refractivity contribution in [3.63, 3.8) is 0 Å². The fourth-order valence-corrected chi connectivity index (χ4v) is 1.90. The third kappa shape index (κ3) is 4.15. The van der Waals surface area contributed by atoms with E-state index in [0.717, 1.165) is 23.7 Å². The lowest BCUT2D eigenvalue weighted by Gasteiger charge is -2.18. The number of ether oxygens (including phenoxy) is 1. The van der Waals surface area contributed by atoms with Crippen molar-refractivity contribution in [1.82, 2.24) is 4.98 Å². The van der Waals surface area contributed by atoms with Gasteiger partial charge in [-0.15, -0.1) is 12.6 Å². The van der Waals surface area contributed by atoms with Crippen LogP contribution in [0.15, 0.2) is 48.7 Å². The van der Waals surface area contributed by atoms with Gasteiger partial charge >= 0.3 is 0 Å². The minimum absolute atomic E-state index is 0.565. The number of hydrogen-bond acceptors (Lipinski definition) is 5. The highest BCUT2D eigenvalue weighted by atomic mass is 32.1. The van der Waals surface area contributed by atoms with E-state index in [-0.39, 0.29) is 0 Å². The molecule has 0 aliphatic rings. The van der Waals surface area contributed by atoms with Gasteiger partial charge in [0.05, 0.1) is 6.54 Å². The normalized spacial score (nSPS) is 11.9. The number of aromatic nitrogens is 1. The molecule has 2 rings (SSSR count). The summed E-state index contributed by atoms with van der Waals surface area (Å²) >= 11 is 3.96. The SMILES string of the molecule is CN(CCOc1ccc(C(O)S)cc1)c1ccccn1. The van der Waals surface area contributed by atoms with E-state index in [1.165, 1.54) is 0 Å². The lowest BCUT2D eigenvalue weighted by molar-refractivity contribution is 0.272. The molecule has 1 N–H and O–H groups in total. The van der Waals surface area contributed by atoms with Crippen molar-refractivity contribution in [1.29, 1.82) is 0 Å². The Morgan fingerprint density at radius 2 is 2.00 bits per heavy atom. The molecule has 0 saturated heterocycles. The van der Waals surface area contributed by atoms with Crippen molar-refractivity contribution in [2.75, 3.05) is 25.1 Å². The topological polar surface area (TPSA) is 45.6 Å². The Balaban J connectivity index is 1.81. The van der Waals surface area contributed by atoms with Gasteiger partial charge in [-0.3, -0.25) is 0 Å². The first kappa shape index (κ1) is 14.7. The zero-order valence-corrected chi connectivity index (χ0v) is 12.2. The van der Waals surface area contributed by atoms with Crippen molar-refractivity contribution < 1.29 is 9.84 Å². The molecule has 1 aromatic heterocycles. The van der Waals surface area contributed by atoms with Gasteiger partial charge < -0.3 is 14.7 Å². The molecule has 2 aromatic rings. The summed E-state index contributed by atoms with van der Waals surface area (Å²) in [7, 11) is 1.98. The number of benzene rings is 1. The number of rotatable bonds is 6. The minimum Gasteiger partial charge on any atom is -0.492 e. The number of anilines is 1. The second-order valence-corrected chi connectivity index (χ2v) is 4.89. The molecule has 0 aliphatic heterocycles. The Bertz CT molecular complexity index is 517. The van der Waals surface area contributed by atoms with E-state index >= 15 is 0 Å². The number of thiol groups is 1. The van der Waals surface area contributed by atoms with Gasteiger partial charge in [0.1, 0.15) is 23.6 Å². The van der Waals surface area contributed by atoms with Gasteiger partial charge in [0, 0.05) is 13.2 Å². The van der Waals surface area contributed by atoms with Gasteiger partial charge in [-0.05, 0) is 29.8 Å². The van der Waals surface area contributed by atoms with Crippen LogP contribution < -0.4 is 9.64 Å². The summed E-state index contributed by atoms with van der Waals surface area (Å²) in [5.74, 6) is 1.70. The van der Waals surface area contributed by atoms with Gasteiger partial charge in [-0.1, -0.05) is 18.2 Å². The molecule has 0 radical (unpaired) electrons. The highest BCUT2D eigenvalue weighted by molar-refractivity contribution is 7.80. The van der Waals surface area contributed by atoms with E-state index in [2.05, 4.69) is 17.6 Å². The van der Waals surface area contributed by atoms with Crippen molar-refractivity contribution >= 4 is 18.4 Å². The Hall–Kier alpha value is -1.72. The molecular formula is C15H18N2O2S. The smallest absolute Gasteiger partial charge is 0.128 e. The maximum Gasteiger partial charge on any atom is 0.128 e. The molecule has 4 nitrogen and oxygen atoms in total. The van der Waals surface area contributed by atoms with Gasteiger partial charge in [0.25, 0.3) is 0 Å². The maximum absolute atomic E-state index is 9.30. The third-order valence-corrected chi connectivity index (χ3v) is 3.21. The molecule has 20 heavy (non-hydrogen) atoms. The Labute approximate surface area is 124 Å². The molecular weight excluding hydrogens is 272 g/mol. The van der Waals surface area contributed by atoms with Crippen LogP contribution >= 0.6 is 12.6 Å². The highest BCUT2D eigenvalue weighted by Gasteiger charge is 2.03. The first-order valence-corrected chi connectivity index (χ1v) is 6.89. The summed E-state index contributed by atoms with van der Waals surface area (Å²) in [6.45, 7) is 1.31. The van der Waals surface area contributed by atoms with Crippen LogP contribution in [0.2, 0.25) is 0 Å². The monoisotopic (exact) mass is 290 g/mol. The van der Waals surface area contributed by atoms with E-state index in [0.29, 0.717) is 6.61 Å². The van der Waals surface area contributed by atoms with Crippen molar-refractivity contribution in [2.45, 2.75) is 5.44 Å². The first-order chi connectivity index (χ1) is 9.66. The van der Waals surface area contributed by atoms with E-state index in [1.54, 1.807) is 18.3 Å². The molecule has 106 valence electrons. The molecule has 5 heteroatoms. The van der Waals surface area contributed by atoms with Gasteiger partial charge in [0.2, 0.25) is 0 Å². The molecule has 1 unspecified atom stereocenters. The number of likely N-dealkylation sites (N-methyl/N-ethyl adjacent to an activating group) is 1. The number of hydrogen-bond donors (Lipinski definition) is 2. The molecule has 0 saturated carbocycles. The predicted molar refractivity (Wildman–Crippen MR) is 83.4 cm³/mol. The molecule has 0 bridgehead atoms. The second kappa shape index (κ2) is 7.17. The highest BCUT2D eigenvalue weighted by Crippen LogP contribution is 2.19. The molecule has 0 aliphatic carbocycles. The van der Waals surface area contributed by atoms with E-state index in [1.807, 2.05) is 42.3 Å². The fraction of sp³-hybridized carbons (Fsp3) is 0.267. The molecule has 0 amide bonds. The van der Waals surface area contributed by atoms with Crippen molar-refractivity contribution in [3.05, 3.63) is 54.2 Å². The Morgan fingerprint density at radius 3 is 2.60 bits per heavy atom. The van der Waals surface area contributed by atoms with Crippen LogP contribution in [0, 0.1) is 0 Å². The summed E-state index contributed by atoms with van der Waals surface area (Å²) < 4.78 is 5.66. The van der Waals surface area contributed by atoms with E-state index in [4.69, 9.17) is 4.74 Å². The minimum atomic E-state index is -0.751. The fourth-order valence-electron chi connectivity index (χ4n) is 1.73. The lowest BCUT2D eigenvalue weighted by atomic mass is 10.2. The summed E-state index contributed by atoms with van der Waals surface area (Å²) in [5.41, 5.74) is 0.00521. The summed E-state index contributed by atoms with van der Waals surface area (Å²) in [5, 5.41) is 9.30. The average Bonchev–Trinajstić information content (AvgIpc) is 2.48. The summed E-state index contributed by atoms with van der Waals surface area (Å²) in [4.78, 5) is 6.30. The van der Waals surface area contributed by atoms with Crippen LogP contribution in [0.25, 0.3) is 0 Å². The average molecular weight is 290 g/mol. The quantitative estimate of drug-likeness (QED) is 0.634. The molecule has 1 heterocycles. The molecule has 0 fully saturated rings. The standard InChI is InChI=1S/C15H18N2O2S/c1-17(14-4-2-3-9-16-14)10-11-19-13-7-5-12(6-8-13)15(18)20/h2-9,15,18,20H,10-11H2,1H3. The number of nitrogens with zero attached hydrogens (tertiary/aromatic N) is 2. The van der Waals surface area contributed by atoms with Crippen LogP contribution in [-0.4, -0.2) is 30.3 Å². The van der Waals surface area contributed by atoms with Gasteiger partial charge in [-0.25, -0.2) is 4.98 Å². The Kier molecular flexibility index (Phi) is 5.26. The molecule has 0 spiro atoms. The number of aliphatic hydroxyl groups excluding tert-OH is 1.